The van der Waals surface area contributed by atoms with Crippen molar-refractivity contribution in [3.05, 3.63) is 42.9 Å². The summed E-state index contributed by atoms with van der Waals surface area (Å²) in [5, 5.41) is 18.1. The van der Waals surface area contributed by atoms with Gasteiger partial charge in [-0.25, -0.2) is 4.98 Å². The van der Waals surface area contributed by atoms with Crippen molar-refractivity contribution in [1.29, 1.82) is 0 Å². The van der Waals surface area contributed by atoms with E-state index in [0.717, 1.165) is 40.9 Å². The lowest BCUT2D eigenvalue weighted by atomic mass is 10.2. The average Bonchev–Trinajstić information content (AvgIpc) is 3.20. The van der Waals surface area contributed by atoms with Gasteiger partial charge in [-0.05, 0) is 38.5 Å². The molecule has 3 aromatic heterocycles. The molecule has 0 amide bonds. The summed E-state index contributed by atoms with van der Waals surface area (Å²) in [6.45, 7) is 6.99. The molecular formula is C21H24N8O. The predicted molar refractivity (Wildman–Crippen MR) is 118 cm³/mol. The van der Waals surface area contributed by atoms with E-state index in [2.05, 4.69) is 61.9 Å². The van der Waals surface area contributed by atoms with Gasteiger partial charge in [0.1, 0.15) is 5.82 Å². The van der Waals surface area contributed by atoms with Gasteiger partial charge in [-0.2, -0.15) is 0 Å². The lowest BCUT2D eigenvalue weighted by molar-refractivity contribution is 0.580. The molecule has 4 rings (SSSR count). The highest BCUT2D eigenvalue weighted by Crippen LogP contribution is 2.31. The molecule has 0 saturated carbocycles. The summed E-state index contributed by atoms with van der Waals surface area (Å²) in [6, 6.07) is 8.37. The normalized spacial score (nSPS) is 11.1. The number of fused-ring (bicyclic) bond motifs is 1. The van der Waals surface area contributed by atoms with E-state index in [1.54, 1.807) is 18.6 Å². The minimum Gasteiger partial charge on any atom is -0.403 e. The van der Waals surface area contributed by atoms with Crippen molar-refractivity contribution in [2.24, 2.45) is 0 Å². The molecule has 0 radical (unpaired) electrons. The van der Waals surface area contributed by atoms with Crippen LogP contribution in [0.4, 0.5) is 23.2 Å². The standard InChI is InChI=1S/C21H24N8O/c1-4-7-24-21-29-28-20(30-21)15-12-25-19(11-17(15)26-13(2)3)27-14-5-6-16-18(10-14)23-9-8-22-16/h5-6,8-13H,4,7H2,1-3H3,(H,24,29)(H2,25,26,27). The molecule has 1 aromatic carbocycles. The second-order valence-electron chi connectivity index (χ2n) is 7.14. The molecule has 4 aromatic rings. The van der Waals surface area contributed by atoms with Gasteiger partial charge in [-0.3, -0.25) is 9.97 Å². The topological polar surface area (TPSA) is 114 Å². The van der Waals surface area contributed by atoms with Gasteiger partial charge in [0.05, 0.1) is 22.3 Å². The summed E-state index contributed by atoms with van der Waals surface area (Å²) in [5.74, 6) is 1.10. The van der Waals surface area contributed by atoms with E-state index >= 15 is 0 Å². The fourth-order valence-corrected chi connectivity index (χ4v) is 2.95. The van der Waals surface area contributed by atoms with E-state index in [-0.39, 0.29) is 6.04 Å². The molecule has 0 unspecified atom stereocenters. The minimum absolute atomic E-state index is 0.218. The predicted octanol–water partition coefficient (Wildman–Crippen LogP) is 4.46. The number of pyridine rings is 1. The van der Waals surface area contributed by atoms with Crippen molar-refractivity contribution in [2.45, 2.75) is 33.2 Å². The molecule has 9 nitrogen and oxygen atoms in total. The summed E-state index contributed by atoms with van der Waals surface area (Å²) >= 11 is 0. The van der Waals surface area contributed by atoms with Crippen LogP contribution in [0.2, 0.25) is 0 Å². The van der Waals surface area contributed by atoms with Gasteiger partial charge in [-0.1, -0.05) is 12.0 Å². The molecule has 9 heteroatoms. The Morgan fingerprint density at radius 2 is 1.83 bits per heavy atom. The van der Waals surface area contributed by atoms with Crippen molar-refractivity contribution in [3.63, 3.8) is 0 Å². The van der Waals surface area contributed by atoms with Crippen LogP contribution in [0.5, 0.6) is 0 Å². The van der Waals surface area contributed by atoms with Crippen molar-refractivity contribution < 1.29 is 4.42 Å². The maximum atomic E-state index is 5.75. The zero-order valence-corrected chi connectivity index (χ0v) is 17.2. The Morgan fingerprint density at radius 1 is 1.00 bits per heavy atom. The van der Waals surface area contributed by atoms with Crippen molar-refractivity contribution in [2.75, 3.05) is 22.5 Å². The van der Waals surface area contributed by atoms with Gasteiger partial charge >= 0.3 is 6.01 Å². The molecule has 3 N–H and O–H groups in total. The Balaban J connectivity index is 1.62. The highest BCUT2D eigenvalue weighted by molar-refractivity contribution is 5.80. The molecule has 0 saturated heterocycles. The Labute approximate surface area is 174 Å². The molecule has 0 aliphatic carbocycles. The van der Waals surface area contributed by atoms with Crippen LogP contribution in [0.25, 0.3) is 22.5 Å². The quantitative estimate of drug-likeness (QED) is 0.391. The first kappa shape index (κ1) is 19.6. The molecule has 154 valence electrons. The van der Waals surface area contributed by atoms with Gasteiger partial charge < -0.3 is 20.4 Å². The van der Waals surface area contributed by atoms with Gasteiger partial charge in [-0.15, -0.1) is 5.10 Å². The molecule has 0 bridgehead atoms. The van der Waals surface area contributed by atoms with E-state index in [1.165, 1.54) is 0 Å². The van der Waals surface area contributed by atoms with Crippen molar-refractivity contribution in [3.8, 4) is 11.5 Å². The zero-order valence-electron chi connectivity index (χ0n) is 17.2. The van der Waals surface area contributed by atoms with Crippen LogP contribution in [0, 0.1) is 0 Å². The second kappa shape index (κ2) is 8.73. The smallest absolute Gasteiger partial charge is 0.315 e. The molecule has 0 aliphatic heterocycles. The van der Waals surface area contributed by atoms with Crippen LogP contribution in [0.3, 0.4) is 0 Å². The molecule has 30 heavy (non-hydrogen) atoms. The molecule has 3 heterocycles. The summed E-state index contributed by atoms with van der Waals surface area (Å²) in [4.78, 5) is 13.2. The van der Waals surface area contributed by atoms with Crippen LogP contribution in [-0.2, 0) is 0 Å². The first-order valence-electron chi connectivity index (χ1n) is 9.94. The summed E-state index contributed by atoms with van der Waals surface area (Å²) < 4.78 is 5.75. The average molecular weight is 404 g/mol. The number of hydrogen-bond acceptors (Lipinski definition) is 9. The van der Waals surface area contributed by atoms with Crippen LogP contribution >= 0.6 is 0 Å². The van der Waals surface area contributed by atoms with Crippen LogP contribution in [0.15, 0.2) is 47.3 Å². The second-order valence-corrected chi connectivity index (χ2v) is 7.14. The third-order valence-electron chi connectivity index (χ3n) is 4.27. The summed E-state index contributed by atoms with van der Waals surface area (Å²) in [7, 11) is 0. The highest BCUT2D eigenvalue weighted by atomic mass is 16.4. The maximum Gasteiger partial charge on any atom is 0.315 e. The van der Waals surface area contributed by atoms with E-state index in [4.69, 9.17) is 4.42 Å². The largest absolute Gasteiger partial charge is 0.403 e. The van der Waals surface area contributed by atoms with E-state index in [0.29, 0.717) is 17.7 Å². The Bertz CT molecular complexity index is 1140. The molecule has 0 spiro atoms. The third kappa shape index (κ3) is 4.45. The maximum absolute atomic E-state index is 5.75. The van der Waals surface area contributed by atoms with E-state index in [9.17, 15) is 0 Å². The number of anilines is 4. The Kier molecular flexibility index (Phi) is 5.69. The molecule has 0 atom stereocenters. The number of nitrogens with one attached hydrogen (secondary N) is 3. The lowest BCUT2D eigenvalue weighted by Gasteiger charge is -2.15. The van der Waals surface area contributed by atoms with Crippen molar-refractivity contribution >= 4 is 34.2 Å². The zero-order chi connectivity index (χ0) is 20.9. The number of rotatable bonds is 8. The first-order chi connectivity index (χ1) is 14.6. The Morgan fingerprint density at radius 3 is 2.63 bits per heavy atom. The lowest BCUT2D eigenvalue weighted by Crippen LogP contribution is -2.11. The van der Waals surface area contributed by atoms with Gasteiger partial charge in [0.2, 0.25) is 0 Å². The third-order valence-corrected chi connectivity index (χ3v) is 4.27. The summed E-state index contributed by atoms with van der Waals surface area (Å²) in [5.41, 5.74) is 4.14. The van der Waals surface area contributed by atoms with Gasteiger partial charge in [0.15, 0.2) is 0 Å². The molecule has 0 aliphatic rings. The number of hydrogen-bond donors (Lipinski definition) is 3. The molecular weight excluding hydrogens is 380 g/mol. The van der Waals surface area contributed by atoms with Crippen LogP contribution < -0.4 is 16.0 Å². The van der Waals surface area contributed by atoms with Gasteiger partial charge in [0.25, 0.3) is 5.89 Å². The van der Waals surface area contributed by atoms with E-state index < -0.39 is 0 Å². The highest BCUT2D eigenvalue weighted by Gasteiger charge is 2.15. The minimum atomic E-state index is 0.218. The number of aromatic nitrogens is 5. The number of nitrogens with zero attached hydrogens (tertiary/aromatic N) is 5. The van der Waals surface area contributed by atoms with Crippen LogP contribution in [0.1, 0.15) is 27.2 Å². The van der Waals surface area contributed by atoms with E-state index in [1.807, 2.05) is 24.3 Å². The van der Waals surface area contributed by atoms with Crippen molar-refractivity contribution in [1.82, 2.24) is 25.1 Å². The Hall–Kier alpha value is -3.75. The monoisotopic (exact) mass is 404 g/mol. The van der Waals surface area contributed by atoms with Crippen LogP contribution in [-0.4, -0.2) is 37.7 Å². The summed E-state index contributed by atoms with van der Waals surface area (Å²) in [6.07, 6.45) is 6.06. The fraction of sp³-hybridized carbons (Fsp3) is 0.286. The molecule has 0 fully saturated rings. The SMILES string of the molecule is CCCNc1nnc(-c2cnc(Nc3ccc4nccnc4c3)cc2NC(C)C)o1. The van der Waals surface area contributed by atoms with Gasteiger partial charge in [0, 0.05) is 42.9 Å². The fourth-order valence-electron chi connectivity index (χ4n) is 2.95. The first-order valence-corrected chi connectivity index (χ1v) is 9.94. The number of benzene rings is 1.